The molecule has 0 spiro atoms. The summed E-state index contributed by atoms with van der Waals surface area (Å²) in [6.07, 6.45) is -1.57. The second-order valence-corrected chi connectivity index (χ2v) is 3.39. The number of carbonyl (C=O) groups is 1. The molecule has 1 aromatic heterocycles. The highest BCUT2D eigenvalue weighted by atomic mass is 19.3. The van der Waals surface area contributed by atoms with Crippen LogP contribution in [0.4, 0.5) is 8.78 Å². The normalized spacial score (nSPS) is 10.8. The molecular formula is C12H8F2O3. The third kappa shape index (κ3) is 2.18. The molecule has 0 atom stereocenters. The third-order valence-electron chi connectivity index (χ3n) is 2.31. The molecule has 2 aromatic rings. The van der Waals surface area contributed by atoms with Crippen molar-refractivity contribution in [1.29, 1.82) is 0 Å². The molecule has 0 saturated heterocycles. The molecule has 2 rings (SSSR count). The third-order valence-corrected chi connectivity index (χ3v) is 2.31. The quantitative estimate of drug-likeness (QED) is 0.888. The standard InChI is InChI=1S/C12H8F2O3/c13-11(14)10-9(4-5-17-10)7-2-1-3-8(6-7)12(15)16/h1-6,11H,(H,15,16). The summed E-state index contributed by atoms with van der Waals surface area (Å²) >= 11 is 0. The van der Waals surface area contributed by atoms with Crippen LogP contribution in [0.2, 0.25) is 0 Å². The smallest absolute Gasteiger partial charge is 0.335 e. The van der Waals surface area contributed by atoms with E-state index in [2.05, 4.69) is 4.42 Å². The van der Waals surface area contributed by atoms with Crippen molar-refractivity contribution >= 4 is 5.97 Å². The Morgan fingerprint density at radius 3 is 2.71 bits per heavy atom. The van der Waals surface area contributed by atoms with E-state index in [9.17, 15) is 13.6 Å². The first-order valence-electron chi connectivity index (χ1n) is 4.79. The van der Waals surface area contributed by atoms with E-state index in [0.29, 0.717) is 5.56 Å². The zero-order valence-electron chi connectivity index (χ0n) is 8.56. The number of hydrogen-bond acceptors (Lipinski definition) is 2. The van der Waals surface area contributed by atoms with Gasteiger partial charge < -0.3 is 9.52 Å². The van der Waals surface area contributed by atoms with Gasteiger partial charge in [-0.25, -0.2) is 13.6 Å². The molecule has 0 aliphatic heterocycles. The summed E-state index contributed by atoms with van der Waals surface area (Å²) in [5, 5.41) is 8.81. The van der Waals surface area contributed by atoms with E-state index in [1.165, 1.54) is 24.3 Å². The Hall–Kier alpha value is -2.17. The van der Waals surface area contributed by atoms with Crippen LogP contribution in [0, 0.1) is 0 Å². The Morgan fingerprint density at radius 2 is 2.06 bits per heavy atom. The summed E-state index contributed by atoms with van der Waals surface area (Å²) in [4.78, 5) is 10.8. The topological polar surface area (TPSA) is 50.4 Å². The van der Waals surface area contributed by atoms with Crippen molar-refractivity contribution in [3.8, 4) is 11.1 Å². The van der Waals surface area contributed by atoms with Gasteiger partial charge in [0, 0.05) is 5.56 Å². The zero-order chi connectivity index (χ0) is 12.4. The Bertz CT molecular complexity index is 546. The fraction of sp³-hybridized carbons (Fsp3) is 0.0833. The first-order chi connectivity index (χ1) is 8.09. The summed E-state index contributed by atoms with van der Waals surface area (Å²) in [6.45, 7) is 0. The largest absolute Gasteiger partial charge is 0.478 e. The van der Waals surface area contributed by atoms with Crippen LogP contribution in [0.25, 0.3) is 11.1 Å². The molecule has 0 radical (unpaired) electrons. The maximum atomic E-state index is 12.6. The lowest BCUT2D eigenvalue weighted by atomic mass is 10.0. The molecular weight excluding hydrogens is 230 g/mol. The Kier molecular flexibility index (Phi) is 2.91. The number of alkyl halides is 2. The molecule has 0 unspecified atom stereocenters. The van der Waals surface area contributed by atoms with Gasteiger partial charge in [-0.2, -0.15) is 0 Å². The van der Waals surface area contributed by atoms with Crippen LogP contribution in [0.15, 0.2) is 41.0 Å². The van der Waals surface area contributed by atoms with Crippen molar-refractivity contribution in [3.05, 3.63) is 47.9 Å². The van der Waals surface area contributed by atoms with Crippen LogP contribution in [0.1, 0.15) is 22.5 Å². The van der Waals surface area contributed by atoms with Crippen molar-refractivity contribution in [2.24, 2.45) is 0 Å². The molecule has 0 saturated carbocycles. The van der Waals surface area contributed by atoms with Gasteiger partial charge in [-0.05, 0) is 23.8 Å². The minimum Gasteiger partial charge on any atom is -0.478 e. The predicted molar refractivity (Wildman–Crippen MR) is 56.1 cm³/mol. The highest BCUT2D eigenvalue weighted by Crippen LogP contribution is 2.32. The van der Waals surface area contributed by atoms with Crippen LogP contribution < -0.4 is 0 Å². The van der Waals surface area contributed by atoms with Crippen LogP contribution in [0.3, 0.4) is 0 Å². The van der Waals surface area contributed by atoms with Gasteiger partial charge in [0.1, 0.15) is 0 Å². The lowest BCUT2D eigenvalue weighted by Gasteiger charge is -2.03. The highest BCUT2D eigenvalue weighted by Gasteiger charge is 2.18. The van der Waals surface area contributed by atoms with Gasteiger partial charge in [-0.3, -0.25) is 0 Å². The van der Waals surface area contributed by atoms with Crippen molar-refractivity contribution in [1.82, 2.24) is 0 Å². The maximum Gasteiger partial charge on any atom is 0.335 e. The van der Waals surface area contributed by atoms with E-state index < -0.39 is 18.2 Å². The number of furan rings is 1. The molecule has 17 heavy (non-hydrogen) atoms. The second-order valence-electron chi connectivity index (χ2n) is 3.39. The van der Waals surface area contributed by atoms with Gasteiger partial charge in [-0.1, -0.05) is 12.1 Å². The zero-order valence-corrected chi connectivity index (χ0v) is 8.56. The van der Waals surface area contributed by atoms with Crippen LogP contribution in [-0.2, 0) is 0 Å². The van der Waals surface area contributed by atoms with Crippen molar-refractivity contribution in [2.45, 2.75) is 6.43 Å². The molecule has 1 heterocycles. The van der Waals surface area contributed by atoms with Crippen LogP contribution in [-0.4, -0.2) is 11.1 Å². The lowest BCUT2D eigenvalue weighted by Crippen LogP contribution is -1.96. The van der Waals surface area contributed by atoms with E-state index in [1.807, 2.05) is 0 Å². The van der Waals surface area contributed by atoms with Crippen LogP contribution >= 0.6 is 0 Å². The van der Waals surface area contributed by atoms with E-state index in [1.54, 1.807) is 6.07 Å². The van der Waals surface area contributed by atoms with Gasteiger partial charge in [0.05, 0.1) is 11.8 Å². The molecule has 1 aromatic carbocycles. The van der Waals surface area contributed by atoms with Crippen molar-refractivity contribution in [3.63, 3.8) is 0 Å². The number of halogens is 2. The van der Waals surface area contributed by atoms with Crippen molar-refractivity contribution in [2.75, 3.05) is 0 Å². The highest BCUT2D eigenvalue weighted by molar-refractivity contribution is 5.89. The summed E-state index contributed by atoms with van der Waals surface area (Å²) < 4.78 is 29.9. The van der Waals surface area contributed by atoms with Gasteiger partial charge in [0.25, 0.3) is 6.43 Å². The van der Waals surface area contributed by atoms with Gasteiger partial charge in [0.15, 0.2) is 5.76 Å². The number of carboxylic acids is 1. The minimum absolute atomic E-state index is 0.0453. The van der Waals surface area contributed by atoms with E-state index in [4.69, 9.17) is 5.11 Å². The first kappa shape index (κ1) is 11.3. The predicted octanol–water partition coefficient (Wildman–Crippen LogP) is 3.58. The van der Waals surface area contributed by atoms with Gasteiger partial charge in [-0.15, -0.1) is 0 Å². The number of aromatic carboxylic acids is 1. The molecule has 88 valence electrons. The molecule has 0 aliphatic rings. The SMILES string of the molecule is O=C(O)c1cccc(-c2ccoc2C(F)F)c1. The average Bonchev–Trinajstić information content (AvgIpc) is 2.78. The molecule has 0 fully saturated rings. The number of carboxylic acid groups (broad SMARTS) is 1. The first-order valence-corrected chi connectivity index (χ1v) is 4.79. The molecule has 3 nitrogen and oxygen atoms in total. The maximum absolute atomic E-state index is 12.6. The summed E-state index contributed by atoms with van der Waals surface area (Å²) in [7, 11) is 0. The Labute approximate surface area is 95.3 Å². The summed E-state index contributed by atoms with van der Waals surface area (Å²) in [6, 6.07) is 7.18. The van der Waals surface area contributed by atoms with Gasteiger partial charge in [0.2, 0.25) is 0 Å². The molecule has 0 aliphatic carbocycles. The molecule has 0 amide bonds. The average molecular weight is 238 g/mol. The summed E-state index contributed by atoms with van der Waals surface area (Å²) in [5.41, 5.74) is 0.654. The van der Waals surface area contributed by atoms with E-state index in [0.717, 1.165) is 6.26 Å². The van der Waals surface area contributed by atoms with E-state index >= 15 is 0 Å². The second kappa shape index (κ2) is 4.37. The van der Waals surface area contributed by atoms with Crippen LogP contribution in [0.5, 0.6) is 0 Å². The minimum atomic E-state index is -2.73. The fourth-order valence-corrected chi connectivity index (χ4v) is 1.55. The number of benzene rings is 1. The number of rotatable bonds is 3. The summed E-state index contributed by atoms with van der Waals surface area (Å²) in [5.74, 6) is -1.55. The lowest BCUT2D eigenvalue weighted by molar-refractivity contribution is 0.0697. The fourth-order valence-electron chi connectivity index (χ4n) is 1.55. The monoisotopic (exact) mass is 238 g/mol. The molecule has 0 bridgehead atoms. The molecule has 5 heteroatoms. The van der Waals surface area contributed by atoms with Crippen molar-refractivity contribution < 1.29 is 23.1 Å². The van der Waals surface area contributed by atoms with E-state index in [-0.39, 0.29) is 11.1 Å². The Morgan fingerprint density at radius 1 is 1.29 bits per heavy atom. The Balaban J connectivity index is 2.49. The molecule has 1 N–H and O–H groups in total. The number of hydrogen-bond donors (Lipinski definition) is 1. The van der Waals surface area contributed by atoms with Gasteiger partial charge >= 0.3 is 5.97 Å².